The van der Waals surface area contributed by atoms with Gasteiger partial charge in [0.15, 0.2) is 0 Å². The van der Waals surface area contributed by atoms with Crippen molar-refractivity contribution < 1.29 is 24.2 Å². The van der Waals surface area contributed by atoms with Crippen molar-refractivity contribution in [3.05, 3.63) is 0 Å². The van der Waals surface area contributed by atoms with Gasteiger partial charge in [0, 0.05) is 0 Å². The Morgan fingerprint density at radius 1 is 1.12 bits per heavy atom. The second-order valence-electron chi connectivity index (χ2n) is 2.56. The summed E-state index contributed by atoms with van der Waals surface area (Å²) in [6, 6.07) is 0. The van der Waals surface area contributed by atoms with Crippen molar-refractivity contribution in [1.29, 1.82) is 0 Å². The van der Waals surface area contributed by atoms with E-state index in [1.807, 2.05) is 0 Å². The van der Waals surface area contributed by atoms with E-state index >= 15 is 0 Å². The molecule has 0 amide bonds. The standard InChI is InChI=1S/C7H12.Zr/c1-7-5-3-2-4-6-7;/h1,7H,2-6H2;/q;+2. The van der Waals surface area contributed by atoms with E-state index in [0.717, 1.165) is 5.92 Å². The average Bonchev–Trinajstić information content (AvgIpc) is 1.90. The summed E-state index contributed by atoms with van der Waals surface area (Å²) in [6.45, 7) is 0. The predicted molar refractivity (Wildman–Crippen MR) is 32.6 cm³/mol. The molecule has 1 rings (SSSR count). The van der Waals surface area contributed by atoms with E-state index in [2.05, 4.69) is 3.71 Å². The van der Waals surface area contributed by atoms with Gasteiger partial charge in [0.25, 0.3) is 0 Å². The summed E-state index contributed by atoms with van der Waals surface area (Å²) in [5, 5.41) is 0. The van der Waals surface area contributed by atoms with Crippen molar-refractivity contribution in [2.45, 2.75) is 32.1 Å². The van der Waals surface area contributed by atoms with Crippen LogP contribution in [0.2, 0.25) is 0 Å². The fourth-order valence-electron chi connectivity index (χ4n) is 1.30. The van der Waals surface area contributed by atoms with Gasteiger partial charge in [-0.15, -0.1) is 0 Å². The van der Waals surface area contributed by atoms with Gasteiger partial charge in [-0.05, 0) is 0 Å². The Bertz CT molecular complexity index is 72.5. The van der Waals surface area contributed by atoms with Crippen LogP contribution in [0.5, 0.6) is 0 Å². The van der Waals surface area contributed by atoms with Crippen molar-refractivity contribution in [2.24, 2.45) is 5.92 Å². The molecule has 0 unspecified atom stereocenters. The zero-order valence-electron chi connectivity index (χ0n) is 5.19. The first-order valence-electron chi connectivity index (χ1n) is 3.44. The van der Waals surface area contributed by atoms with Gasteiger partial charge in [-0.1, -0.05) is 0 Å². The number of rotatable bonds is 1. The van der Waals surface area contributed by atoms with Crippen LogP contribution in [0.25, 0.3) is 0 Å². The Hall–Kier alpha value is 0.753. The van der Waals surface area contributed by atoms with Crippen LogP contribution in [0.4, 0.5) is 0 Å². The molecule has 0 nitrogen and oxygen atoms in total. The van der Waals surface area contributed by atoms with Gasteiger partial charge in [0.2, 0.25) is 0 Å². The zero-order valence-corrected chi connectivity index (χ0v) is 7.65. The Labute approximate surface area is 66.0 Å². The SMILES string of the molecule is [Zr+2]=[CH]C1CCCCC1. The molecule has 1 aliphatic rings. The van der Waals surface area contributed by atoms with E-state index in [9.17, 15) is 0 Å². The molecule has 0 aromatic carbocycles. The summed E-state index contributed by atoms with van der Waals surface area (Å²) >= 11 is 1.62. The third-order valence-electron chi connectivity index (χ3n) is 1.89. The Morgan fingerprint density at radius 3 is 2.12 bits per heavy atom. The van der Waals surface area contributed by atoms with Crippen LogP contribution in [0.3, 0.4) is 0 Å². The normalized spacial score (nSPS) is 23.2. The molecule has 0 aromatic rings. The first-order valence-corrected chi connectivity index (χ1v) is 4.86. The van der Waals surface area contributed by atoms with Crippen LogP contribution < -0.4 is 0 Å². The number of hydrogen-bond donors (Lipinski definition) is 0. The molecule has 1 heteroatoms. The Morgan fingerprint density at radius 2 is 1.75 bits per heavy atom. The Kier molecular flexibility index (Phi) is 3.19. The molecule has 0 atom stereocenters. The maximum atomic E-state index is 2.45. The monoisotopic (exact) mass is 186 g/mol. The molecular formula is C7H12Zr+2. The molecule has 0 spiro atoms. The van der Waals surface area contributed by atoms with Crippen LogP contribution in [-0.2, 0) is 24.2 Å². The van der Waals surface area contributed by atoms with Gasteiger partial charge < -0.3 is 0 Å². The van der Waals surface area contributed by atoms with Crippen LogP contribution in [-0.4, -0.2) is 3.71 Å². The first-order chi connectivity index (χ1) is 3.93. The van der Waals surface area contributed by atoms with E-state index in [0.29, 0.717) is 0 Å². The van der Waals surface area contributed by atoms with Crippen LogP contribution in [0.1, 0.15) is 32.1 Å². The summed E-state index contributed by atoms with van der Waals surface area (Å²) in [5.74, 6) is 1.00. The summed E-state index contributed by atoms with van der Waals surface area (Å²) in [4.78, 5) is 0. The summed E-state index contributed by atoms with van der Waals surface area (Å²) < 4.78 is 2.45. The van der Waals surface area contributed by atoms with Crippen molar-refractivity contribution >= 4 is 3.71 Å². The van der Waals surface area contributed by atoms with Crippen molar-refractivity contribution in [2.75, 3.05) is 0 Å². The van der Waals surface area contributed by atoms with Gasteiger partial charge in [0.05, 0.1) is 0 Å². The van der Waals surface area contributed by atoms with Crippen LogP contribution >= 0.6 is 0 Å². The molecule has 0 aliphatic heterocycles. The molecular weight excluding hydrogens is 175 g/mol. The van der Waals surface area contributed by atoms with E-state index in [1.165, 1.54) is 32.1 Å². The topological polar surface area (TPSA) is 0 Å². The van der Waals surface area contributed by atoms with Crippen LogP contribution in [0.15, 0.2) is 0 Å². The summed E-state index contributed by atoms with van der Waals surface area (Å²) in [6.07, 6.45) is 7.40. The zero-order chi connectivity index (χ0) is 5.82. The van der Waals surface area contributed by atoms with Gasteiger partial charge in [0.1, 0.15) is 0 Å². The summed E-state index contributed by atoms with van der Waals surface area (Å²) in [5.41, 5.74) is 0. The van der Waals surface area contributed by atoms with E-state index in [1.54, 1.807) is 24.2 Å². The van der Waals surface area contributed by atoms with E-state index in [4.69, 9.17) is 0 Å². The van der Waals surface area contributed by atoms with Gasteiger partial charge >= 0.3 is 66.0 Å². The molecule has 0 heterocycles. The maximum absolute atomic E-state index is 2.45. The molecule has 0 bridgehead atoms. The van der Waals surface area contributed by atoms with Crippen molar-refractivity contribution in [3.8, 4) is 0 Å². The predicted octanol–water partition coefficient (Wildman–Crippen LogP) is 1.92. The number of hydrogen-bond acceptors (Lipinski definition) is 0. The van der Waals surface area contributed by atoms with Crippen molar-refractivity contribution in [3.63, 3.8) is 0 Å². The third kappa shape index (κ3) is 1.93. The fourth-order valence-corrected chi connectivity index (χ4v) is 2.12. The second-order valence-corrected chi connectivity index (χ2v) is 3.38. The van der Waals surface area contributed by atoms with Gasteiger partial charge in [-0.25, -0.2) is 0 Å². The average molecular weight is 187 g/mol. The third-order valence-corrected chi connectivity index (χ3v) is 3.04. The minimum absolute atomic E-state index is 1.00. The summed E-state index contributed by atoms with van der Waals surface area (Å²) in [7, 11) is 0. The molecule has 0 aromatic heterocycles. The van der Waals surface area contributed by atoms with E-state index < -0.39 is 0 Å². The van der Waals surface area contributed by atoms with Crippen LogP contribution in [0, 0.1) is 5.92 Å². The molecule has 8 heavy (non-hydrogen) atoms. The Balaban J connectivity index is 2.22. The molecule has 0 radical (unpaired) electrons. The molecule has 42 valence electrons. The quantitative estimate of drug-likeness (QED) is 0.588. The fraction of sp³-hybridized carbons (Fsp3) is 0.857. The molecule has 0 N–H and O–H groups in total. The van der Waals surface area contributed by atoms with Crippen molar-refractivity contribution in [1.82, 2.24) is 0 Å². The molecule has 1 fully saturated rings. The second kappa shape index (κ2) is 3.72. The molecule has 0 saturated heterocycles. The van der Waals surface area contributed by atoms with Gasteiger partial charge in [-0.2, -0.15) is 0 Å². The van der Waals surface area contributed by atoms with Gasteiger partial charge in [-0.3, -0.25) is 0 Å². The molecule has 1 saturated carbocycles. The molecule has 1 aliphatic carbocycles. The first kappa shape index (κ1) is 6.87. The van der Waals surface area contributed by atoms with E-state index in [-0.39, 0.29) is 0 Å². The minimum atomic E-state index is 1.00.